The maximum Gasteiger partial charge on any atom is 0.224 e. The highest BCUT2D eigenvalue weighted by atomic mass is 16.5. The van der Waals surface area contributed by atoms with Crippen LogP contribution in [0, 0.1) is 13.8 Å². The summed E-state index contributed by atoms with van der Waals surface area (Å²) in [6.07, 6.45) is 4.54. The van der Waals surface area contributed by atoms with E-state index in [0.29, 0.717) is 19.4 Å². The van der Waals surface area contributed by atoms with Gasteiger partial charge >= 0.3 is 0 Å². The molecule has 1 amide bonds. The maximum atomic E-state index is 12.1. The Morgan fingerprint density at radius 1 is 0.926 bits per heavy atom. The van der Waals surface area contributed by atoms with E-state index in [2.05, 4.69) is 24.4 Å². The number of hydrogen-bond donors (Lipinski definition) is 1. The van der Waals surface area contributed by atoms with Crippen molar-refractivity contribution in [2.24, 2.45) is 0 Å². The second kappa shape index (κ2) is 11.3. The lowest BCUT2D eigenvalue weighted by molar-refractivity contribution is -0.116. The first kappa shape index (κ1) is 20.8. The highest BCUT2D eigenvalue weighted by Crippen LogP contribution is 2.20. The lowest BCUT2D eigenvalue weighted by atomic mass is 10.1. The van der Waals surface area contributed by atoms with E-state index < -0.39 is 0 Å². The van der Waals surface area contributed by atoms with Gasteiger partial charge < -0.3 is 14.8 Å². The van der Waals surface area contributed by atoms with Crippen LogP contribution in [0.4, 0.5) is 5.69 Å². The third-order valence-corrected chi connectivity index (χ3v) is 4.30. The summed E-state index contributed by atoms with van der Waals surface area (Å²) in [7, 11) is 0. The molecule has 0 bridgehead atoms. The Hall–Kier alpha value is -2.49. The third kappa shape index (κ3) is 7.73. The zero-order valence-electron chi connectivity index (χ0n) is 16.7. The van der Waals surface area contributed by atoms with Crippen LogP contribution in [0.5, 0.6) is 11.5 Å². The van der Waals surface area contributed by atoms with Crippen LogP contribution in [-0.4, -0.2) is 19.1 Å². The maximum absolute atomic E-state index is 12.1. The van der Waals surface area contributed by atoms with E-state index in [1.54, 1.807) is 0 Å². The van der Waals surface area contributed by atoms with E-state index >= 15 is 0 Å². The number of hydrogen-bond acceptors (Lipinski definition) is 3. The molecule has 0 aromatic heterocycles. The van der Waals surface area contributed by atoms with Gasteiger partial charge in [0.1, 0.15) is 11.5 Å². The number of carbonyl (C=O) groups is 1. The van der Waals surface area contributed by atoms with Crippen molar-refractivity contribution in [3.05, 3.63) is 53.6 Å². The molecule has 0 atom stereocenters. The number of nitrogens with one attached hydrogen (secondary N) is 1. The molecule has 0 aliphatic carbocycles. The summed E-state index contributed by atoms with van der Waals surface area (Å²) in [5.41, 5.74) is 3.07. The van der Waals surface area contributed by atoms with Crippen LogP contribution in [-0.2, 0) is 4.79 Å². The van der Waals surface area contributed by atoms with Gasteiger partial charge in [-0.1, -0.05) is 31.9 Å². The van der Waals surface area contributed by atoms with Crippen molar-refractivity contribution in [1.29, 1.82) is 0 Å². The molecule has 2 aromatic rings. The summed E-state index contributed by atoms with van der Waals surface area (Å²) in [6.45, 7) is 7.51. The number of anilines is 1. The first-order valence-corrected chi connectivity index (χ1v) is 9.81. The minimum absolute atomic E-state index is 0.00354. The normalized spacial score (nSPS) is 10.5. The van der Waals surface area contributed by atoms with Crippen molar-refractivity contribution in [3.8, 4) is 11.5 Å². The van der Waals surface area contributed by atoms with Crippen molar-refractivity contribution in [2.75, 3.05) is 18.5 Å². The van der Waals surface area contributed by atoms with Crippen LogP contribution in [0.15, 0.2) is 42.5 Å². The van der Waals surface area contributed by atoms with Crippen LogP contribution < -0.4 is 14.8 Å². The molecule has 0 fully saturated rings. The zero-order valence-corrected chi connectivity index (χ0v) is 16.7. The molecule has 2 aromatic carbocycles. The van der Waals surface area contributed by atoms with E-state index in [0.717, 1.165) is 35.8 Å². The number of rotatable bonds is 11. The van der Waals surface area contributed by atoms with Crippen LogP contribution in [0.25, 0.3) is 0 Å². The second-order valence-corrected chi connectivity index (χ2v) is 6.85. The smallest absolute Gasteiger partial charge is 0.224 e. The standard InChI is InChI=1S/C23H31NO3/c1-4-5-6-15-26-21-13-11-20(12-14-21)24-23(25)8-7-16-27-22-17-18(2)9-10-19(22)3/h9-14,17H,4-8,15-16H2,1-3H3,(H,24,25). The Bertz CT molecular complexity index is 710. The molecule has 0 saturated heterocycles. The highest BCUT2D eigenvalue weighted by molar-refractivity contribution is 5.90. The van der Waals surface area contributed by atoms with Crippen LogP contribution in [0.1, 0.15) is 50.2 Å². The van der Waals surface area contributed by atoms with E-state index in [-0.39, 0.29) is 5.91 Å². The predicted molar refractivity (Wildman–Crippen MR) is 111 cm³/mol. The summed E-state index contributed by atoms with van der Waals surface area (Å²) in [5, 5.41) is 2.91. The predicted octanol–water partition coefficient (Wildman–Crippen LogP) is 5.67. The number of unbranched alkanes of at least 4 members (excludes halogenated alkanes) is 2. The molecule has 0 aliphatic heterocycles. The average molecular weight is 370 g/mol. The topological polar surface area (TPSA) is 47.6 Å². The molecular formula is C23H31NO3. The first-order valence-electron chi connectivity index (χ1n) is 9.81. The summed E-state index contributed by atoms with van der Waals surface area (Å²) in [5.74, 6) is 1.73. The number of ether oxygens (including phenoxy) is 2. The zero-order chi connectivity index (χ0) is 19.5. The largest absolute Gasteiger partial charge is 0.494 e. The molecule has 0 spiro atoms. The molecule has 0 saturated carbocycles. The molecule has 0 aliphatic rings. The molecule has 0 radical (unpaired) electrons. The van der Waals surface area contributed by atoms with Crippen molar-refractivity contribution in [2.45, 2.75) is 52.9 Å². The third-order valence-electron chi connectivity index (χ3n) is 4.30. The van der Waals surface area contributed by atoms with Crippen molar-refractivity contribution >= 4 is 11.6 Å². The first-order chi connectivity index (χ1) is 13.1. The van der Waals surface area contributed by atoms with Crippen LogP contribution in [0.2, 0.25) is 0 Å². The molecule has 0 heterocycles. The molecule has 4 nitrogen and oxygen atoms in total. The van der Waals surface area contributed by atoms with E-state index in [9.17, 15) is 4.79 Å². The fourth-order valence-electron chi connectivity index (χ4n) is 2.68. The minimum Gasteiger partial charge on any atom is -0.494 e. The molecule has 1 N–H and O–H groups in total. The average Bonchev–Trinajstić information content (AvgIpc) is 2.66. The van der Waals surface area contributed by atoms with Gasteiger partial charge in [0.25, 0.3) is 0 Å². The van der Waals surface area contributed by atoms with Gasteiger partial charge in [0.05, 0.1) is 13.2 Å². The van der Waals surface area contributed by atoms with Gasteiger partial charge in [-0.3, -0.25) is 4.79 Å². The number of amides is 1. The van der Waals surface area contributed by atoms with Gasteiger partial charge in [0, 0.05) is 12.1 Å². The van der Waals surface area contributed by atoms with Crippen LogP contribution >= 0.6 is 0 Å². The molecule has 0 unspecified atom stereocenters. The van der Waals surface area contributed by atoms with Crippen molar-refractivity contribution in [1.82, 2.24) is 0 Å². The van der Waals surface area contributed by atoms with Gasteiger partial charge in [-0.2, -0.15) is 0 Å². The number of aryl methyl sites for hydroxylation is 2. The monoisotopic (exact) mass is 369 g/mol. The molecular weight excluding hydrogens is 338 g/mol. The van der Waals surface area contributed by atoms with Gasteiger partial charge in [-0.05, 0) is 68.1 Å². The Labute approximate surface area is 162 Å². The molecule has 4 heteroatoms. The molecule has 146 valence electrons. The summed E-state index contributed by atoms with van der Waals surface area (Å²) in [4.78, 5) is 12.1. The Morgan fingerprint density at radius 3 is 2.41 bits per heavy atom. The summed E-state index contributed by atoms with van der Waals surface area (Å²) >= 11 is 0. The van der Waals surface area contributed by atoms with Crippen molar-refractivity contribution in [3.63, 3.8) is 0 Å². The quantitative estimate of drug-likeness (QED) is 0.519. The fraction of sp³-hybridized carbons (Fsp3) is 0.435. The lowest BCUT2D eigenvalue weighted by Gasteiger charge is -2.10. The lowest BCUT2D eigenvalue weighted by Crippen LogP contribution is -2.13. The molecule has 27 heavy (non-hydrogen) atoms. The van der Waals surface area contributed by atoms with E-state index in [1.807, 2.05) is 44.2 Å². The van der Waals surface area contributed by atoms with Gasteiger partial charge in [-0.25, -0.2) is 0 Å². The summed E-state index contributed by atoms with van der Waals surface area (Å²) < 4.78 is 11.5. The Morgan fingerprint density at radius 2 is 1.67 bits per heavy atom. The Balaban J connectivity index is 1.67. The minimum atomic E-state index is -0.00354. The van der Waals surface area contributed by atoms with E-state index in [1.165, 1.54) is 18.4 Å². The van der Waals surface area contributed by atoms with Gasteiger partial charge in [0.15, 0.2) is 0 Å². The summed E-state index contributed by atoms with van der Waals surface area (Å²) in [6, 6.07) is 13.7. The van der Waals surface area contributed by atoms with Crippen LogP contribution in [0.3, 0.4) is 0 Å². The molecule has 2 rings (SSSR count). The highest BCUT2D eigenvalue weighted by Gasteiger charge is 2.05. The fourth-order valence-corrected chi connectivity index (χ4v) is 2.68. The SMILES string of the molecule is CCCCCOc1ccc(NC(=O)CCCOc2cc(C)ccc2C)cc1. The van der Waals surface area contributed by atoms with Crippen molar-refractivity contribution < 1.29 is 14.3 Å². The number of benzene rings is 2. The van der Waals surface area contributed by atoms with Gasteiger partial charge in [0.2, 0.25) is 5.91 Å². The Kier molecular flexibility index (Phi) is 8.69. The van der Waals surface area contributed by atoms with E-state index in [4.69, 9.17) is 9.47 Å². The second-order valence-electron chi connectivity index (χ2n) is 6.85. The van der Waals surface area contributed by atoms with Gasteiger partial charge in [-0.15, -0.1) is 0 Å². The number of carbonyl (C=O) groups excluding carboxylic acids is 1.